The minimum atomic E-state index is -0.511. The maximum Gasteiger partial charge on any atom is 0.341 e. The number of hydrogen-bond donors (Lipinski definition) is 2. The van der Waals surface area contributed by atoms with E-state index in [2.05, 4.69) is 10.6 Å². The van der Waals surface area contributed by atoms with E-state index in [0.717, 1.165) is 16.5 Å². The minimum Gasteiger partial charge on any atom is -0.465 e. The minimum absolute atomic E-state index is 0.112. The molecule has 6 nitrogen and oxygen atoms in total. The van der Waals surface area contributed by atoms with Gasteiger partial charge in [-0.1, -0.05) is 30.3 Å². The number of amides is 1. The van der Waals surface area contributed by atoms with Gasteiger partial charge in [0.05, 0.1) is 17.6 Å². The molecule has 0 bridgehead atoms. The third kappa shape index (κ3) is 4.86. The molecule has 0 saturated carbocycles. The van der Waals surface area contributed by atoms with Gasteiger partial charge < -0.3 is 20.3 Å². The molecule has 0 aliphatic rings. The van der Waals surface area contributed by atoms with Gasteiger partial charge in [0.15, 0.2) is 5.11 Å². The molecule has 162 valence electrons. The number of benzene rings is 2. The second-order valence-electron chi connectivity index (χ2n) is 6.87. The largest absolute Gasteiger partial charge is 0.465 e. The van der Waals surface area contributed by atoms with E-state index >= 15 is 0 Å². The Kier molecular flexibility index (Phi) is 7.25. The molecule has 2 aromatic carbocycles. The zero-order valence-corrected chi connectivity index (χ0v) is 19.6. The Morgan fingerprint density at radius 2 is 1.74 bits per heavy atom. The van der Waals surface area contributed by atoms with Crippen LogP contribution in [0.3, 0.4) is 0 Å². The van der Waals surface area contributed by atoms with E-state index < -0.39 is 5.97 Å². The Bertz CT molecular complexity index is 1140. The summed E-state index contributed by atoms with van der Waals surface area (Å²) < 4.78 is 4.95. The third-order valence-electron chi connectivity index (χ3n) is 5.02. The Morgan fingerprint density at radius 3 is 2.39 bits per heavy atom. The van der Waals surface area contributed by atoms with Crippen LogP contribution in [0.5, 0.6) is 0 Å². The lowest BCUT2D eigenvalue weighted by Crippen LogP contribution is -2.30. The Hall–Kier alpha value is -2.97. The van der Waals surface area contributed by atoms with E-state index in [4.69, 9.17) is 17.0 Å². The van der Waals surface area contributed by atoms with Crippen molar-refractivity contribution in [2.45, 2.75) is 20.8 Å². The van der Waals surface area contributed by atoms with Gasteiger partial charge >= 0.3 is 5.97 Å². The summed E-state index contributed by atoms with van der Waals surface area (Å²) in [6.45, 7) is 6.78. The van der Waals surface area contributed by atoms with Crippen LogP contribution in [-0.4, -0.2) is 42.1 Å². The van der Waals surface area contributed by atoms with Crippen molar-refractivity contribution in [3.05, 3.63) is 58.5 Å². The first-order chi connectivity index (χ1) is 14.9. The van der Waals surface area contributed by atoms with Gasteiger partial charge in [-0.15, -0.1) is 11.3 Å². The van der Waals surface area contributed by atoms with Crippen molar-refractivity contribution in [1.82, 2.24) is 4.90 Å². The zero-order valence-electron chi connectivity index (χ0n) is 17.9. The number of thiocarbonyl (C=S) groups is 1. The molecule has 0 atom stereocenters. The summed E-state index contributed by atoms with van der Waals surface area (Å²) in [5.41, 5.74) is 1.74. The maximum absolute atomic E-state index is 12.9. The molecule has 0 saturated heterocycles. The first-order valence-corrected chi connectivity index (χ1v) is 11.2. The number of esters is 1. The lowest BCUT2D eigenvalue weighted by Gasteiger charge is -2.18. The quantitative estimate of drug-likeness (QED) is 0.389. The molecule has 0 unspecified atom stereocenters. The van der Waals surface area contributed by atoms with E-state index in [9.17, 15) is 9.59 Å². The number of hydrogen-bond acceptors (Lipinski definition) is 5. The van der Waals surface area contributed by atoms with Crippen molar-refractivity contribution in [3.63, 3.8) is 0 Å². The molecule has 8 heteroatoms. The number of carbonyl (C=O) groups excluding carboxylic acids is 2. The SMILES string of the molecule is CCN(CC)C(=O)c1sc(NC(=S)Nc2ccc3ccccc3c2)c(C(=O)OC)c1C. The second kappa shape index (κ2) is 9.89. The van der Waals surface area contributed by atoms with Crippen molar-refractivity contribution in [2.24, 2.45) is 0 Å². The molecule has 0 spiro atoms. The summed E-state index contributed by atoms with van der Waals surface area (Å²) in [6, 6.07) is 14.0. The highest BCUT2D eigenvalue weighted by atomic mass is 32.1. The predicted molar refractivity (Wildman–Crippen MR) is 131 cm³/mol. The monoisotopic (exact) mass is 455 g/mol. The number of thiophene rings is 1. The number of ether oxygens (including phenoxy) is 1. The van der Waals surface area contributed by atoms with Gasteiger partial charge in [0.2, 0.25) is 0 Å². The zero-order chi connectivity index (χ0) is 22.5. The molecule has 0 fully saturated rings. The van der Waals surface area contributed by atoms with Gasteiger partial charge in [-0.3, -0.25) is 4.79 Å². The second-order valence-corrected chi connectivity index (χ2v) is 8.30. The standard InChI is InChI=1S/C23H25N3O3S2/c1-5-26(6-2)21(27)19-14(3)18(22(28)29-4)20(31-19)25-23(30)24-17-12-11-15-9-7-8-10-16(15)13-17/h7-13H,5-6H2,1-4H3,(H2,24,25,30). The topological polar surface area (TPSA) is 70.7 Å². The van der Waals surface area contributed by atoms with Crippen LogP contribution in [0.1, 0.15) is 39.4 Å². The number of anilines is 2. The molecule has 1 aromatic heterocycles. The molecular weight excluding hydrogens is 430 g/mol. The fourth-order valence-electron chi connectivity index (χ4n) is 3.34. The normalized spacial score (nSPS) is 10.6. The van der Waals surface area contributed by atoms with Crippen LogP contribution in [0, 0.1) is 6.92 Å². The Labute approximate surface area is 191 Å². The number of carbonyl (C=O) groups is 2. The van der Waals surface area contributed by atoms with Crippen LogP contribution >= 0.6 is 23.6 Å². The number of nitrogens with zero attached hydrogens (tertiary/aromatic N) is 1. The maximum atomic E-state index is 12.9. The highest BCUT2D eigenvalue weighted by Gasteiger charge is 2.27. The molecule has 0 aliphatic carbocycles. The fourth-order valence-corrected chi connectivity index (χ4v) is 4.79. The van der Waals surface area contributed by atoms with Crippen molar-refractivity contribution in [1.29, 1.82) is 0 Å². The van der Waals surface area contributed by atoms with Gasteiger partial charge in [-0.2, -0.15) is 0 Å². The average Bonchev–Trinajstić information content (AvgIpc) is 3.09. The molecular formula is C23H25N3O3S2. The van der Waals surface area contributed by atoms with Crippen molar-refractivity contribution in [2.75, 3.05) is 30.8 Å². The van der Waals surface area contributed by atoms with Crippen LogP contribution in [0.2, 0.25) is 0 Å². The fraction of sp³-hybridized carbons (Fsp3) is 0.261. The molecule has 31 heavy (non-hydrogen) atoms. The first kappa shape index (κ1) is 22.7. The van der Waals surface area contributed by atoms with E-state index in [-0.39, 0.29) is 5.91 Å². The molecule has 2 N–H and O–H groups in total. The predicted octanol–water partition coefficient (Wildman–Crippen LogP) is 5.29. The summed E-state index contributed by atoms with van der Waals surface area (Å²) >= 11 is 6.68. The molecule has 1 amide bonds. The van der Waals surface area contributed by atoms with Gasteiger partial charge in [0.25, 0.3) is 5.91 Å². The van der Waals surface area contributed by atoms with Crippen LogP contribution in [0.15, 0.2) is 42.5 Å². The van der Waals surface area contributed by atoms with Gasteiger partial charge in [0.1, 0.15) is 5.00 Å². The van der Waals surface area contributed by atoms with Crippen molar-refractivity contribution in [3.8, 4) is 0 Å². The van der Waals surface area contributed by atoms with E-state index in [1.165, 1.54) is 18.4 Å². The van der Waals surface area contributed by atoms with Crippen molar-refractivity contribution >= 4 is 62.0 Å². The summed E-state index contributed by atoms with van der Waals surface area (Å²) in [7, 11) is 1.32. The van der Waals surface area contributed by atoms with Crippen LogP contribution in [0.4, 0.5) is 10.7 Å². The van der Waals surface area contributed by atoms with Gasteiger partial charge in [-0.05, 0) is 61.5 Å². The molecule has 0 radical (unpaired) electrons. The summed E-state index contributed by atoms with van der Waals surface area (Å²) in [5, 5.41) is 9.26. The molecule has 3 rings (SSSR count). The van der Waals surface area contributed by atoms with Crippen LogP contribution in [0.25, 0.3) is 10.8 Å². The van der Waals surface area contributed by atoms with Gasteiger partial charge in [-0.25, -0.2) is 4.79 Å². The lowest BCUT2D eigenvalue weighted by atomic mass is 10.1. The highest BCUT2D eigenvalue weighted by molar-refractivity contribution is 7.80. The van der Waals surface area contributed by atoms with Crippen LogP contribution < -0.4 is 10.6 Å². The first-order valence-electron chi connectivity index (χ1n) is 9.97. The third-order valence-corrected chi connectivity index (χ3v) is 6.41. The molecule has 3 aromatic rings. The van der Waals surface area contributed by atoms with Gasteiger partial charge in [0, 0.05) is 18.8 Å². The Balaban J connectivity index is 1.87. The average molecular weight is 456 g/mol. The summed E-state index contributed by atoms with van der Waals surface area (Å²) in [4.78, 5) is 27.6. The Morgan fingerprint density at radius 1 is 1.06 bits per heavy atom. The summed E-state index contributed by atoms with van der Waals surface area (Å²) in [6.07, 6.45) is 0. The van der Waals surface area contributed by atoms with Crippen LogP contribution in [-0.2, 0) is 4.74 Å². The number of rotatable bonds is 6. The number of methoxy groups -OCH3 is 1. The van der Waals surface area contributed by atoms with Crippen molar-refractivity contribution < 1.29 is 14.3 Å². The smallest absolute Gasteiger partial charge is 0.341 e. The molecule has 0 aliphatic heterocycles. The van der Waals surface area contributed by atoms with E-state index in [1.54, 1.807) is 11.8 Å². The summed E-state index contributed by atoms with van der Waals surface area (Å²) in [5.74, 6) is -0.623. The lowest BCUT2D eigenvalue weighted by molar-refractivity contribution is 0.0601. The van der Waals surface area contributed by atoms with E-state index in [0.29, 0.717) is 39.2 Å². The molecule has 1 heterocycles. The number of nitrogens with one attached hydrogen (secondary N) is 2. The van der Waals surface area contributed by atoms with E-state index in [1.807, 2.05) is 56.3 Å². The number of fused-ring (bicyclic) bond motifs is 1. The highest BCUT2D eigenvalue weighted by Crippen LogP contribution is 2.34.